The van der Waals surface area contributed by atoms with Crippen molar-refractivity contribution in [1.29, 1.82) is 0 Å². The lowest BCUT2D eigenvalue weighted by molar-refractivity contribution is -0.142. The Morgan fingerprint density at radius 1 is 1.23 bits per heavy atom. The van der Waals surface area contributed by atoms with E-state index in [4.69, 9.17) is 9.84 Å². The highest BCUT2D eigenvalue weighted by Gasteiger charge is 1.95. The molecule has 0 heterocycles. The molecule has 0 aliphatic heterocycles. The van der Waals surface area contributed by atoms with E-state index in [1.54, 1.807) is 0 Å². The maximum Gasteiger partial charge on any atom is 0.329 e. The van der Waals surface area contributed by atoms with Crippen molar-refractivity contribution in [3.8, 4) is 0 Å². The number of unbranched alkanes of at least 4 members (excludes halogenated alkanes) is 4. The smallest absolute Gasteiger partial charge is 0.329 e. The second-order valence-electron chi connectivity index (χ2n) is 2.86. The number of hydrogen-bond acceptors (Lipinski definition) is 2. The first-order valence-corrected chi connectivity index (χ1v) is 4.57. The van der Waals surface area contributed by atoms with E-state index in [1.165, 1.54) is 19.3 Å². The van der Waals surface area contributed by atoms with Crippen molar-refractivity contribution in [2.24, 2.45) is 0 Å². The van der Waals surface area contributed by atoms with Crippen LogP contribution in [-0.4, -0.2) is 24.3 Å². The molecular formula is C9H19ClO3. The maximum absolute atomic E-state index is 10.0. The minimum Gasteiger partial charge on any atom is -0.480 e. The molecule has 1 N–H and O–H groups in total. The topological polar surface area (TPSA) is 46.5 Å². The van der Waals surface area contributed by atoms with Crippen molar-refractivity contribution in [3.63, 3.8) is 0 Å². The Bertz CT molecular complexity index is 117. The van der Waals surface area contributed by atoms with Gasteiger partial charge in [-0.05, 0) is 6.42 Å². The molecule has 0 aromatic carbocycles. The van der Waals surface area contributed by atoms with Crippen molar-refractivity contribution in [1.82, 2.24) is 0 Å². The van der Waals surface area contributed by atoms with Crippen LogP contribution in [0, 0.1) is 0 Å². The number of hydrogen-bond donors (Lipinski definition) is 1. The predicted octanol–water partition coefficient (Wildman–Crippen LogP) is 2.48. The molecule has 0 bridgehead atoms. The first-order chi connectivity index (χ1) is 5.77. The molecule has 0 saturated carbocycles. The van der Waals surface area contributed by atoms with E-state index in [1.807, 2.05) is 0 Å². The van der Waals surface area contributed by atoms with Gasteiger partial charge in [-0.2, -0.15) is 0 Å². The van der Waals surface area contributed by atoms with Crippen molar-refractivity contribution in [2.45, 2.75) is 39.0 Å². The number of halogens is 1. The van der Waals surface area contributed by atoms with Gasteiger partial charge in [0.15, 0.2) is 0 Å². The summed E-state index contributed by atoms with van der Waals surface area (Å²) in [5, 5.41) is 8.23. The molecule has 0 rings (SSSR count). The van der Waals surface area contributed by atoms with Gasteiger partial charge in [0.25, 0.3) is 0 Å². The number of carbonyl (C=O) groups is 1. The molecule has 0 aromatic rings. The fourth-order valence-electron chi connectivity index (χ4n) is 0.967. The monoisotopic (exact) mass is 210 g/mol. The molecule has 0 aromatic heterocycles. The highest BCUT2D eigenvalue weighted by molar-refractivity contribution is 5.85. The summed E-state index contributed by atoms with van der Waals surface area (Å²) in [5.41, 5.74) is 0. The summed E-state index contributed by atoms with van der Waals surface area (Å²) >= 11 is 0. The van der Waals surface area contributed by atoms with Crippen molar-refractivity contribution in [2.75, 3.05) is 13.2 Å². The van der Waals surface area contributed by atoms with E-state index in [-0.39, 0.29) is 19.0 Å². The van der Waals surface area contributed by atoms with Crippen LogP contribution in [0.1, 0.15) is 39.0 Å². The highest BCUT2D eigenvalue weighted by Crippen LogP contribution is 2.01. The van der Waals surface area contributed by atoms with Gasteiger partial charge in [-0.25, -0.2) is 4.79 Å². The van der Waals surface area contributed by atoms with Crippen molar-refractivity contribution >= 4 is 18.4 Å². The number of aliphatic carboxylic acids is 1. The van der Waals surface area contributed by atoms with Gasteiger partial charge >= 0.3 is 5.97 Å². The minimum absolute atomic E-state index is 0. The SMILES string of the molecule is CCCCCCCOCC(=O)O.Cl. The van der Waals surface area contributed by atoms with Gasteiger partial charge in [-0.3, -0.25) is 0 Å². The Labute approximate surface area is 85.9 Å². The highest BCUT2D eigenvalue weighted by atomic mass is 35.5. The molecule has 0 spiro atoms. The lowest BCUT2D eigenvalue weighted by atomic mass is 10.2. The number of ether oxygens (including phenoxy) is 1. The maximum atomic E-state index is 10.0. The summed E-state index contributed by atoms with van der Waals surface area (Å²) in [6.07, 6.45) is 5.85. The summed E-state index contributed by atoms with van der Waals surface area (Å²) in [6.45, 7) is 2.59. The molecule has 0 unspecified atom stereocenters. The number of carboxylic acids is 1. The van der Waals surface area contributed by atoms with Crippen LogP contribution in [0.15, 0.2) is 0 Å². The molecule has 0 atom stereocenters. The van der Waals surface area contributed by atoms with Crippen LogP contribution in [-0.2, 0) is 9.53 Å². The minimum atomic E-state index is -0.886. The Balaban J connectivity index is 0. The van der Waals surface area contributed by atoms with E-state index < -0.39 is 5.97 Å². The molecule has 0 amide bonds. The molecule has 13 heavy (non-hydrogen) atoms. The van der Waals surface area contributed by atoms with Crippen LogP contribution in [0.5, 0.6) is 0 Å². The van der Waals surface area contributed by atoms with Gasteiger partial charge in [0.2, 0.25) is 0 Å². The van der Waals surface area contributed by atoms with Crippen LogP contribution >= 0.6 is 12.4 Å². The summed E-state index contributed by atoms with van der Waals surface area (Å²) in [5.74, 6) is -0.886. The molecule has 80 valence electrons. The number of carboxylic acid groups (broad SMARTS) is 1. The summed E-state index contributed by atoms with van der Waals surface area (Å²) in [6, 6.07) is 0. The summed E-state index contributed by atoms with van der Waals surface area (Å²) in [7, 11) is 0. The molecule has 0 fully saturated rings. The lowest BCUT2D eigenvalue weighted by Gasteiger charge is -2.00. The van der Waals surface area contributed by atoms with E-state index >= 15 is 0 Å². The lowest BCUT2D eigenvalue weighted by Crippen LogP contribution is -2.07. The van der Waals surface area contributed by atoms with Crippen molar-refractivity contribution in [3.05, 3.63) is 0 Å². The van der Waals surface area contributed by atoms with Gasteiger partial charge in [0.05, 0.1) is 0 Å². The van der Waals surface area contributed by atoms with E-state index in [9.17, 15) is 4.79 Å². The van der Waals surface area contributed by atoms with E-state index in [2.05, 4.69) is 6.92 Å². The van der Waals surface area contributed by atoms with Crippen LogP contribution in [0.2, 0.25) is 0 Å². The Hall–Kier alpha value is -0.280. The summed E-state index contributed by atoms with van der Waals surface area (Å²) < 4.78 is 4.88. The zero-order valence-electron chi connectivity index (χ0n) is 8.12. The number of rotatable bonds is 8. The predicted molar refractivity (Wildman–Crippen MR) is 54.5 cm³/mol. The zero-order valence-corrected chi connectivity index (χ0v) is 8.94. The Morgan fingerprint density at radius 2 is 1.85 bits per heavy atom. The van der Waals surface area contributed by atoms with Gasteiger partial charge < -0.3 is 9.84 Å². The van der Waals surface area contributed by atoms with Gasteiger partial charge in [0, 0.05) is 6.61 Å². The molecule has 4 heteroatoms. The third-order valence-electron chi connectivity index (χ3n) is 1.62. The Morgan fingerprint density at radius 3 is 2.38 bits per heavy atom. The first-order valence-electron chi connectivity index (χ1n) is 4.57. The fourth-order valence-corrected chi connectivity index (χ4v) is 0.967. The third kappa shape index (κ3) is 14.6. The van der Waals surface area contributed by atoms with E-state index in [0.29, 0.717) is 6.61 Å². The molecular weight excluding hydrogens is 192 g/mol. The Kier molecular flexibility index (Phi) is 13.7. The molecule has 0 aliphatic rings. The first kappa shape index (κ1) is 15.2. The molecule has 0 radical (unpaired) electrons. The summed E-state index contributed by atoms with van der Waals surface area (Å²) in [4.78, 5) is 10.0. The average molecular weight is 211 g/mol. The second kappa shape index (κ2) is 11.7. The normalized spacial score (nSPS) is 9.31. The van der Waals surface area contributed by atoms with E-state index in [0.717, 1.165) is 12.8 Å². The fraction of sp³-hybridized carbons (Fsp3) is 0.889. The van der Waals surface area contributed by atoms with Gasteiger partial charge in [0.1, 0.15) is 6.61 Å². The zero-order chi connectivity index (χ0) is 9.23. The van der Waals surface area contributed by atoms with Gasteiger partial charge in [-0.1, -0.05) is 32.6 Å². The molecule has 0 aliphatic carbocycles. The largest absolute Gasteiger partial charge is 0.480 e. The molecule has 3 nitrogen and oxygen atoms in total. The quantitative estimate of drug-likeness (QED) is 0.627. The standard InChI is InChI=1S/C9H18O3.ClH/c1-2-3-4-5-6-7-12-8-9(10)11;/h2-8H2,1H3,(H,10,11);1H. The van der Waals surface area contributed by atoms with Crippen LogP contribution < -0.4 is 0 Å². The van der Waals surface area contributed by atoms with Gasteiger partial charge in [-0.15, -0.1) is 12.4 Å². The second-order valence-corrected chi connectivity index (χ2v) is 2.86. The average Bonchev–Trinajstić information content (AvgIpc) is 2.02. The van der Waals surface area contributed by atoms with Crippen molar-refractivity contribution < 1.29 is 14.6 Å². The van der Waals surface area contributed by atoms with Crippen LogP contribution in [0.3, 0.4) is 0 Å². The molecule has 0 saturated heterocycles. The van der Waals surface area contributed by atoms with Crippen LogP contribution in [0.4, 0.5) is 0 Å². The third-order valence-corrected chi connectivity index (χ3v) is 1.62. The van der Waals surface area contributed by atoms with Crippen LogP contribution in [0.25, 0.3) is 0 Å².